The molecule has 1 aliphatic heterocycles. The van der Waals surface area contributed by atoms with E-state index in [0.717, 1.165) is 42.3 Å². The van der Waals surface area contributed by atoms with Gasteiger partial charge in [0, 0.05) is 19.5 Å². The summed E-state index contributed by atoms with van der Waals surface area (Å²) in [5.41, 5.74) is 1.01. The number of methoxy groups -OCH3 is 1. The van der Waals surface area contributed by atoms with Crippen LogP contribution in [-0.4, -0.2) is 33.8 Å². The van der Waals surface area contributed by atoms with Crippen molar-refractivity contribution in [3.63, 3.8) is 0 Å². The lowest BCUT2D eigenvalue weighted by Crippen LogP contribution is -2.42. The monoisotopic (exact) mass is 343 g/mol. The molecule has 3 rings (SSSR count). The molecule has 0 saturated carbocycles. The molecule has 25 heavy (non-hydrogen) atoms. The molecule has 0 spiro atoms. The predicted octanol–water partition coefficient (Wildman–Crippen LogP) is 1.42. The number of amides is 1. The fraction of sp³-hybridized carbons (Fsp3) is 0.500. The molecule has 1 aliphatic rings. The Bertz CT molecular complexity index is 728. The zero-order valence-corrected chi connectivity index (χ0v) is 14.8. The highest BCUT2D eigenvalue weighted by atomic mass is 16.5. The van der Waals surface area contributed by atoms with Crippen molar-refractivity contribution in [1.82, 2.24) is 25.4 Å². The van der Waals surface area contributed by atoms with Gasteiger partial charge in [-0.2, -0.15) is 0 Å². The van der Waals surface area contributed by atoms with Gasteiger partial charge in [-0.15, -0.1) is 10.2 Å². The average Bonchev–Trinajstić information content (AvgIpc) is 3.07. The topological polar surface area (TPSA) is 81.1 Å². The maximum absolute atomic E-state index is 12.3. The third-order valence-corrected chi connectivity index (χ3v) is 4.50. The van der Waals surface area contributed by atoms with Gasteiger partial charge in [-0.25, -0.2) is 0 Å². The lowest BCUT2D eigenvalue weighted by molar-refractivity contribution is -0.122. The molecule has 1 aromatic heterocycles. The molecule has 0 unspecified atom stereocenters. The van der Waals surface area contributed by atoms with Crippen LogP contribution in [0.2, 0.25) is 0 Å². The molecular formula is C18H25N5O2. The number of hydrogen-bond donors (Lipinski definition) is 2. The summed E-state index contributed by atoms with van der Waals surface area (Å²) in [7, 11) is 1.63. The van der Waals surface area contributed by atoms with Gasteiger partial charge in [0.15, 0.2) is 0 Å². The van der Waals surface area contributed by atoms with Gasteiger partial charge in [-0.1, -0.05) is 12.1 Å². The number of ether oxygens (including phenoxy) is 1. The highest BCUT2D eigenvalue weighted by molar-refractivity contribution is 5.81. The van der Waals surface area contributed by atoms with E-state index < -0.39 is 0 Å². The minimum Gasteiger partial charge on any atom is -0.497 e. The first-order chi connectivity index (χ1) is 12.2. The van der Waals surface area contributed by atoms with E-state index in [0.29, 0.717) is 13.1 Å². The van der Waals surface area contributed by atoms with Gasteiger partial charge in [-0.05, 0) is 37.5 Å². The number of benzene rings is 1. The molecule has 134 valence electrons. The molecule has 0 bridgehead atoms. The number of rotatable bonds is 7. The van der Waals surface area contributed by atoms with Gasteiger partial charge in [0.25, 0.3) is 0 Å². The van der Waals surface area contributed by atoms with Crippen molar-refractivity contribution in [2.24, 2.45) is 0 Å². The Balaban J connectivity index is 1.48. The number of fused-ring (bicyclic) bond motifs is 1. The first kappa shape index (κ1) is 17.4. The third-order valence-electron chi connectivity index (χ3n) is 4.50. The van der Waals surface area contributed by atoms with Crippen molar-refractivity contribution in [3.8, 4) is 5.75 Å². The van der Waals surface area contributed by atoms with Crippen LogP contribution in [0.25, 0.3) is 0 Å². The van der Waals surface area contributed by atoms with Crippen molar-refractivity contribution in [1.29, 1.82) is 0 Å². The van der Waals surface area contributed by atoms with Crippen LogP contribution in [0.4, 0.5) is 0 Å². The van der Waals surface area contributed by atoms with Crippen LogP contribution in [0.5, 0.6) is 5.75 Å². The van der Waals surface area contributed by atoms with Crippen molar-refractivity contribution in [2.75, 3.05) is 7.11 Å². The van der Waals surface area contributed by atoms with E-state index in [2.05, 4.69) is 25.4 Å². The van der Waals surface area contributed by atoms with Crippen LogP contribution >= 0.6 is 0 Å². The number of hydrogen-bond acceptors (Lipinski definition) is 5. The van der Waals surface area contributed by atoms with E-state index in [4.69, 9.17) is 4.74 Å². The van der Waals surface area contributed by atoms with Gasteiger partial charge >= 0.3 is 0 Å². The van der Waals surface area contributed by atoms with Crippen LogP contribution in [0, 0.1) is 0 Å². The molecule has 0 saturated heterocycles. The Labute approximate surface area is 147 Å². The van der Waals surface area contributed by atoms with Gasteiger partial charge in [0.1, 0.15) is 17.4 Å². The molecule has 7 heteroatoms. The van der Waals surface area contributed by atoms with E-state index in [1.54, 1.807) is 7.11 Å². The maximum Gasteiger partial charge on any atom is 0.237 e. The average molecular weight is 343 g/mol. The molecule has 1 atom stereocenters. The Morgan fingerprint density at radius 3 is 3.04 bits per heavy atom. The SMILES string of the molecule is COc1cccc(CNC(=O)[C@H](C)NCc2nnc3n2CCCC3)c1. The van der Waals surface area contributed by atoms with E-state index in [1.807, 2.05) is 31.2 Å². The third kappa shape index (κ3) is 4.36. The van der Waals surface area contributed by atoms with Gasteiger partial charge in [0.05, 0.1) is 19.7 Å². The van der Waals surface area contributed by atoms with Crippen LogP contribution in [-0.2, 0) is 30.8 Å². The van der Waals surface area contributed by atoms with E-state index in [-0.39, 0.29) is 11.9 Å². The fourth-order valence-corrected chi connectivity index (χ4v) is 2.96. The second-order valence-electron chi connectivity index (χ2n) is 6.31. The number of nitrogens with one attached hydrogen (secondary N) is 2. The van der Waals surface area contributed by atoms with Crippen LogP contribution in [0.15, 0.2) is 24.3 Å². The Kier molecular flexibility index (Phi) is 5.65. The van der Waals surface area contributed by atoms with Gasteiger partial charge in [-0.3, -0.25) is 10.1 Å². The summed E-state index contributed by atoms with van der Waals surface area (Å²) in [4.78, 5) is 12.3. The first-order valence-corrected chi connectivity index (χ1v) is 8.72. The van der Waals surface area contributed by atoms with Crippen LogP contribution in [0.1, 0.15) is 37.0 Å². The number of carbonyl (C=O) groups is 1. The van der Waals surface area contributed by atoms with E-state index in [9.17, 15) is 4.79 Å². The summed E-state index contributed by atoms with van der Waals surface area (Å²) in [6.45, 7) is 3.84. The van der Waals surface area contributed by atoms with Crippen molar-refractivity contribution in [2.45, 2.75) is 51.9 Å². The molecule has 0 radical (unpaired) electrons. The second-order valence-corrected chi connectivity index (χ2v) is 6.31. The van der Waals surface area contributed by atoms with E-state index in [1.165, 1.54) is 6.42 Å². The Morgan fingerprint density at radius 1 is 1.32 bits per heavy atom. The second kappa shape index (κ2) is 8.11. The Hall–Kier alpha value is -2.41. The number of aromatic nitrogens is 3. The fourth-order valence-electron chi connectivity index (χ4n) is 2.96. The number of aryl methyl sites for hydroxylation is 1. The van der Waals surface area contributed by atoms with Crippen LogP contribution in [0.3, 0.4) is 0 Å². The molecule has 1 amide bonds. The van der Waals surface area contributed by atoms with Crippen molar-refractivity contribution < 1.29 is 9.53 Å². The molecule has 0 fully saturated rings. The molecular weight excluding hydrogens is 318 g/mol. The molecule has 7 nitrogen and oxygen atoms in total. The zero-order valence-electron chi connectivity index (χ0n) is 14.8. The van der Waals surface area contributed by atoms with Crippen molar-refractivity contribution >= 4 is 5.91 Å². The van der Waals surface area contributed by atoms with Gasteiger partial charge in [0.2, 0.25) is 5.91 Å². The largest absolute Gasteiger partial charge is 0.497 e. The van der Waals surface area contributed by atoms with Crippen LogP contribution < -0.4 is 15.4 Å². The standard InChI is InChI=1S/C18H25N5O2/c1-13(18(24)20-11-14-6-5-7-15(10-14)25-2)19-12-17-22-21-16-8-3-4-9-23(16)17/h5-7,10,13,19H,3-4,8-9,11-12H2,1-2H3,(H,20,24)/t13-/m0/s1. The number of carbonyl (C=O) groups excluding carboxylic acids is 1. The first-order valence-electron chi connectivity index (χ1n) is 8.72. The summed E-state index contributed by atoms with van der Waals surface area (Å²) in [6, 6.07) is 7.37. The summed E-state index contributed by atoms with van der Waals surface area (Å²) >= 11 is 0. The summed E-state index contributed by atoms with van der Waals surface area (Å²) in [5, 5.41) is 14.7. The normalized spacial score (nSPS) is 14.6. The summed E-state index contributed by atoms with van der Waals surface area (Å²) in [6.07, 6.45) is 3.33. The molecule has 2 heterocycles. The molecule has 0 aliphatic carbocycles. The van der Waals surface area contributed by atoms with E-state index >= 15 is 0 Å². The minimum absolute atomic E-state index is 0.0406. The number of nitrogens with zero attached hydrogens (tertiary/aromatic N) is 3. The summed E-state index contributed by atoms with van der Waals surface area (Å²) < 4.78 is 7.36. The summed E-state index contributed by atoms with van der Waals surface area (Å²) in [5.74, 6) is 2.70. The lowest BCUT2D eigenvalue weighted by Gasteiger charge is -2.17. The zero-order chi connectivity index (χ0) is 17.6. The smallest absolute Gasteiger partial charge is 0.237 e. The Morgan fingerprint density at radius 2 is 2.20 bits per heavy atom. The highest BCUT2D eigenvalue weighted by Gasteiger charge is 2.17. The highest BCUT2D eigenvalue weighted by Crippen LogP contribution is 2.14. The molecule has 2 aromatic rings. The lowest BCUT2D eigenvalue weighted by atomic mass is 10.1. The van der Waals surface area contributed by atoms with Crippen molar-refractivity contribution in [3.05, 3.63) is 41.5 Å². The molecule has 2 N–H and O–H groups in total. The quantitative estimate of drug-likeness (QED) is 0.795. The van der Waals surface area contributed by atoms with Gasteiger partial charge < -0.3 is 14.6 Å². The molecule has 1 aromatic carbocycles. The minimum atomic E-state index is -0.304. The predicted molar refractivity (Wildman–Crippen MR) is 94.1 cm³/mol. The maximum atomic E-state index is 12.3.